The average Bonchev–Trinajstić information content (AvgIpc) is 2.85. The molecule has 2 rings (SSSR count). The van der Waals surface area contributed by atoms with E-state index in [1.54, 1.807) is 0 Å². The monoisotopic (exact) mass is 252 g/mol. The zero-order chi connectivity index (χ0) is 12.6. The molecule has 106 valence electrons. The van der Waals surface area contributed by atoms with Gasteiger partial charge in [-0.25, -0.2) is 0 Å². The van der Waals surface area contributed by atoms with Crippen LogP contribution in [0.4, 0.5) is 0 Å². The van der Waals surface area contributed by atoms with Crippen LogP contribution in [0.25, 0.3) is 0 Å². The maximum Gasteiger partial charge on any atom is 0.0603 e. The highest BCUT2D eigenvalue weighted by Gasteiger charge is 2.28. The van der Waals surface area contributed by atoms with Gasteiger partial charge in [0.2, 0.25) is 0 Å². The lowest BCUT2D eigenvalue weighted by molar-refractivity contribution is 0.288. The maximum absolute atomic E-state index is 3.83. The van der Waals surface area contributed by atoms with Crippen LogP contribution in [-0.2, 0) is 0 Å². The first-order chi connectivity index (χ1) is 8.90. The molecule has 1 heterocycles. The highest BCUT2D eigenvalue weighted by atomic mass is 15.2. The van der Waals surface area contributed by atoms with Crippen molar-refractivity contribution in [2.45, 2.75) is 89.8 Å². The minimum atomic E-state index is 0.612. The Bertz CT molecular complexity index is 207. The SMILES string of the molecule is CCCC1CNC(C2CCCCCCCCC2)N1. The van der Waals surface area contributed by atoms with Gasteiger partial charge in [0.15, 0.2) is 0 Å². The Labute approximate surface area is 113 Å². The molecule has 2 N–H and O–H groups in total. The summed E-state index contributed by atoms with van der Waals surface area (Å²) < 4.78 is 0. The molecule has 2 nitrogen and oxygen atoms in total. The molecule has 2 unspecified atom stereocenters. The summed E-state index contributed by atoms with van der Waals surface area (Å²) in [5, 5.41) is 7.57. The molecular formula is C16H32N2. The van der Waals surface area contributed by atoms with Gasteiger partial charge in [0.1, 0.15) is 0 Å². The molecule has 2 atom stereocenters. The molecule has 1 aliphatic heterocycles. The maximum atomic E-state index is 3.83. The van der Waals surface area contributed by atoms with Crippen molar-refractivity contribution in [3.8, 4) is 0 Å². The molecule has 2 aliphatic rings. The van der Waals surface area contributed by atoms with E-state index in [-0.39, 0.29) is 0 Å². The summed E-state index contributed by atoms with van der Waals surface area (Å²) >= 11 is 0. The highest BCUT2D eigenvalue weighted by Crippen LogP contribution is 2.25. The molecule has 2 heteroatoms. The molecule has 0 aromatic carbocycles. The molecule has 1 aliphatic carbocycles. The van der Waals surface area contributed by atoms with E-state index in [0.717, 1.165) is 12.0 Å². The van der Waals surface area contributed by atoms with Crippen molar-refractivity contribution in [2.24, 2.45) is 5.92 Å². The van der Waals surface area contributed by atoms with E-state index in [9.17, 15) is 0 Å². The van der Waals surface area contributed by atoms with Crippen LogP contribution >= 0.6 is 0 Å². The van der Waals surface area contributed by atoms with Crippen LogP contribution in [0.15, 0.2) is 0 Å². The molecule has 0 bridgehead atoms. The largest absolute Gasteiger partial charge is 0.300 e. The van der Waals surface area contributed by atoms with Gasteiger partial charge in [-0.15, -0.1) is 0 Å². The third-order valence-corrected chi connectivity index (χ3v) is 4.76. The summed E-state index contributed by atoms with van der Waals surface area (Å²) in [6, 6.07) is 0.732. The van der Waals surface area contributed by atoms with E-state index in [2.05, 4.69) is 17.6 Å². The van der Waals surface area contributed by atoms with Crippen molar-refractivity contribution < 1.29 is 0 Å². The molecule has 1 saturated carbocycles. The predicted octanol–water partition coefficient (Wildman–Crippen LogP) is 3.81. The lowest BCUT2D eigenvalue weighted by Gasteiger charge is -2.25. The van der Waals surface area contributed by atoms with Crippen LogP contribution in [0.3, 0.4) is 0 Å². The first-order valence-corrected chi connectivity index (χ1v) is 8.39. The highest BCUT2D eigenvalue weighted by molar-refractivity contribution is 4.87. The molecular weight excluding hydrogens is 220 g/mol. The number of hydrogen-bond donors (Lipinski definition) is 2. The Morgan fingerprint density at radius 3 is 2.11 bits per heavy atom. The van der Waals surface area contributed by atoms with Gasteiger partial charge < -0.3 is 5.32 Å². The van der Waals surface area contributed by atoms with Crippen LogP contribution in [0.1, 0.15) is 77.6 Å². The Morgan fingerprint density at radius 1 is 0.889 bits per heavy atom. The van der Waals surface area contributed by atoms with Gasteiger partial charge in [-0.05, 0) is 25.2 Å². The first-order valence-electron chi connectivity index (χ1n) is 8.39. The van der Waals surface area contributed by atoms with Crippen molar-refractivity contribution in [1.82, 2.24) is 10.6 Å². The van der Waals surface area contributed by atoms with E-state index in [1.807, 2.05) is 0 Å². The summed E-state index contributed by atoms with van der Waals surface area (Å²) in [6.07, 6.45) is 16.3. The summed E-state index contributed by atoms with van der Waals surface area (Å²) in [5.74, 6) is 0.880. The quantitative estimate of drug-likeness (QED) is 0.798. The average molecular weight is 252 g/mol. The third kappa shape index (κ3) is 4.55. The number of nitrogens with one attached hydrogen (secondary N) is 2. The van der Waals surface area contributed by atoms with E-state index in [1.165, 1.54) is 77.2 Å². The number of hydrogen-bond acceptors (Lipinski definition) is 2. The van der Waals surface area contributed by atoms with Crippen LogP contribution in [0, 0.1) is 5.92 Å². The van der Waals surface area contributed by atoms with E-state index in [4.69, 9.17) is 0 Å². The molecule has 0 aromatic rings. The minimum Gasteiger partial charge on any atom is -0.300 e. The zero-order valence-corrected chi connectivity index (χ0v) is 12.2. The molecule has 0 radical (unpaired) electrons. The Hall–Kier alpha value is -0.0800. The van der Waals surface area contributed by atoms with Gasteiger partial charge in [-0.3, -0.25) is 5.32 Å². The summed E-state index contributed by atoms with van der Waals surface area (Å²) in [4.78, 5) is 0. The lowest BCUT2D eigenvalue weighted by Crippen LogP contribution is -2.40. The second-order valence-corrected chi connectivity index (χ2v) is 6.35. The smallest absolute Gasteiger partial charge is 0.0603 e. The predicted molar refractivity (Wildman–Crippen MR) is 78.7 cm³/mol. The van der Waals surface area contributed by atoms with Crippen molar-refractivity contribution >= 4 is 0 Å². The lowest BCUT2D eigenvalue weighted by atomic mass is 9.90. The van der Waals surface area contributed by atoms with Gasteiger partial charge in [-0.2, -0.15) is 0 Å². The summed E-state index contributed by atoms with van der Waals surface area (Å²) in [7, 11) is 0. The van der Waals surface area contributed by atoms with Crippen LogP contribution in [0.2, 0.25) is 0 Å². The van der Waals surface area contributed by atoms with Gasteiger partial charge >= 0.3 is 0 Å². The topological polar surface area (TPSA) is 24.1 Å². The molecule has 0 aromatic heterocycles. The van der Waals surface area contributed by atoms with Gasteiger partial charge in [0.05, 0.1) is 6.17 Å². The number of rotatable bonds is 3. The molecule has 18 heavy (non-hydrogen) atoms. The van der Waals surface area contributed by atoms with Gasteiger partial charge in [-0.1, -0.05) is 58.3 Å². The summed E-state index contributed by atoms with van der Waals surface area (Å²) in [5.41, 5.74) is 0. The minimum absolute atomic E-state index is 0.612. The van der Waals surface area contributed by atoms with Gasteiger partial charge in [0, 0.05) is 12.6 Å². The first kappa shape index (κ1) is 14.3. The zero-order valence-electron chi connectivity index (χ0n) is 12.2. The summed E-state index contributed by atoms with van der Waals surface area (Å²) in [6.45, 7) is 3.48. The molecule has 2 fully saturated rings. The van der Waals surface area contributed by atoms with Crippen molar-refractivity contribution in [1.29, 1.82) is 0 Å². The van der Waals surface area contributed by atoms with Gasteiger partial charge in [0.25, 0.3) is 0 Å². The second-order valence-electron chi connectivity index (χ2n) is 6.35. The fourth-order valence-electron chi connectivity index (χ4n) is 3.65. The van der Waals surface area contributed by atoms with E-state index in [0.29, 0.717) is 6.17 Å². The Balaban J connectivity index is 1.77. The fourth-order valence-corrected chi connectivity index (χ4v) is 3.65. The Kier molecular flexibility index (Phi) is 6.50. The van der Waals surface area contributed by atoms with Crippen molar-refractivity contribution in [3.05, 3.63) is 0 Å². The van der Waals surface area contributed by atoms with Crippen LogP contribution in [-0.4, -0.2) is 18.8 Å². The fraction of sp³-hybridized carbons (Fsp3) is 1.00. The van der Waals surface area contributed by atoms with E-state index < -0.39 is 0 Å². The van der Waals surface area contributed by atoms with Crippen LogP contribution in [0.5, 0.6) is 0 Å². The molecule has 0 spiro atoms. The molecule has 1 saturated heterocycles. The van der Waals surface area contributed by atoms with Crippen LogP contribution < -0.4 is 10.6 Å². The third-order valence-electron chi connectivity index (χ3n) is 4.76. The standard InChI is InChI=1S/C16H32N2/c1-2-10-15-13-17-16(18-15)14-11-8-6-4-3-5-7-9-12-14/h14-18H,2-13H2,1H3. The normalized spacial score (nSPS) is 32.5. The Morgan fingerprint density at radius 2 is 1.50 bits per heavy atom. The molecule has 0 amide bonds. The van der Waals surface area contributed by atoms with Crippen molar-refractivity contribution in [3.63, 3.8) is 0 Å². The van der Waals surface area contributed by atoms with E-state index >= 15 is 0 Å². The second kappa shape index (κ2) is 8.16. The van der Waals surface area contributed by atoms with Crippen molar-refractivity contribution in [2.75, 3.05) is 6.54 Å².